The molecule has 2 heterocycles. The second-order valence-corrected chi connectivity index (χ2v) is 7.06. The highest BCUT2D eigenvalue weighted by molar-refractivity contribution is 7.10. The van der Waals surface area contributed by atoms with Gasteiger partial charge in [-0.1, -0.05) is 26.0 Å². The second kappa shape index (κ2) is 6.72. The van der Waals surface area contributed by atoms with E-state index in [1.807, 2.05) is 17.5 Å². The summed E-state index contributed by atoms with van der Waals surface area (Å²) >= 11 is 1.44. The van der Waals surface area contributed by atoms with E-state index < -0.39 is 17.7 Å². The number of methoxy groups -OCH3 is 1. The van der Waals surface area contributed by atoms with Crippen molar-refractivity contribution in [3.63, 3.8) is 0 Å². The van der Waals surface area contributed by atoms with Crippen LogP contribution in [-0.4, -0.2) is 23.9 Å². The molecule has 1 aliphatic heterocycles. The zero-order valence-electron chi connectivity index (χ0n) is 14.2. The molecule has 1 aliphatic rings. The third-order valence-electron chi connectivity index (χ3n) is 4.14. The molecule has 0 radical (unpaired) electrons. The molecule has 0 aliphatic carbocycles. The van der Waals surface area contributed by atoms with E-state index in [1.54, 1.807) is 45.2 Å². The van der Waals surface area contributed by atoms with E-state index in [1.165, 1.54) is 16.2 Å². The highest BCUT2D eigenvalue weighted by Gasteiger charge is 2.45. The van der Waals surface area contributed by atoms with Gasteiger partial charge in [0.25, 0.3) is 5.91 Å². The lowest BCUT2D eigenvalue weighted by Crippen LogP contribution is -2.31. The van der Waals surface area contributed by atoms with Crippen LogP contribution in [-0.2, 0) is 9.59 Å². The molecule has 1 atom stereocenters. The lowest BCUT2D eigenvalue weighted by atomic mass is 9.94. The minimum absolute atomic E-state index is 0.158. The Morgan fingerprint density at radius 3 is 2.64 bits per heavy atom. The molecule has 0 saturated carbocycles. The smallest absolute Gasteiger partial charge is 0.294 e. The average molecular weight is 357 g/mol. The van der Waals surface area contributed by atoms with E-state index in [2.05, 4.69) is 0 Å². The molecule has 5 nitrogen and oxygen atoms in total. The van der Waals surface area contributed by atoms with Crippen LogP contribution in [0.4, 0.5) is 5.69 Å². The van der Waals surface area contributed by atoms with Gasteiger partial charge in [0.2, 0.25) is 0 Å². The maximum atomic E-state index is 12.8. The third-order valence-corrected chi connectivity index (χ3v) is 5.07. The van der Waals surface area contributed by atoms with Crippen LogP contribution in [0, 0.1) is 5.92 Å². The topological polar surface area (TPSA) is 66.8 Å². The fourth-order valence-electron chi connectivity index (χ4n) is 2.91. The van der Waals surface area contributed by atoms with E-state index in [0.29, 0.717) is 11.4 Å². The van der Waals surface area contributed by atoms with Gasteiger partial charge in [0, 0.05) is 22.5 Å². The zero-order valence-corrected chi connectivity index (χ0v) is 15.0. The molecule has 2 aromatic rings. The number of amides is 1. The molecule has 6 heteroatoms. The number of anilines is 1. The monoisotopic (exact) mass is 357 g/mol. The van der Waals surface area contributed by atoms with Crippen molar-refractivity contribution in [1.29, 1.82) is 0 Å². The number of nitrogens with zero attached hydrogens (tertiary/aromatic N) is 1. The number of rotatable bonds is 5. The summed E-state index contributed by atoms with van der Waals surface area (Å²) in [6.07, 6.45) is 0. The summed E-state index contributed by atoms with van der Waals surface area (Å²) in [7, 11) is 1.55. The molecule has 3 rings (SSSR count). The van der Waals surface area contributed by atoms with Crippen molar-refractivity contribution in [2.75, 3.05) is 12.0 Å². The Labute approximate surface area is 150 Å². The lowest BCUT2D eigenvalue weighted by Gasteiger charge is -2.26. The van der Waals surface area contributed by atoms with Crippen LogP contribution in [0.2, 0.25) is 0 Å². The van der Waals surface area contributed by atoms with Gasteiger partial charge in [0.15, 0.2) is 11.5 Å². The van der Waals surface area contributed by atoms with Gasteiger partial charge < -0.3 is 9.84 Å². The zero-order chi connectivity index (χ0) is 18.1. The Hall–Kier alpha value is -2.60. The molecule has 0 spiro atoms. The van der Waals surface area contributed by atoms with Crippen LogP contribution in [0.3, 0.4) is 0 Å². The van der Waals surface area contributed by atoms with E-state index in [9.17, 15) is 14.7 Å². The van der Waals surface area contributed by atoms with Crippen molar-refractivity contribution in [1.82, 2.24) is 0 Å². The van der Waals surface area contributed by atoms with Crippen molar-refractivity contribution < 1.29 is 19.4 Å². The number of Topliss-reactive ketones (excluding diaryl/α,β-unsaturated/α-hetero) is 1. The van der Waals surface area contributed by atoms with E-state index in [0.717, 1.165) is 4.88 Å². The van der Waals surface area contributed by atoms with Gasteiger partial charge in [0.1, 0.15) is 11.8 Å². The largest absolute Gasteiger partial charge is 0.503 e. The van der Waals surface area contributed by atoms with Gasteiger partial charge in [-0.25, -0.2) is 0 Å². The second-order valence-electron chi connectivity index (χ2n) is 6.08. The molecule has 1 amide bonds. The standard InChI is InChI=1S/C19H19NO4S/c1-11(2)17(21)15-16(14-8-5-9-25-14)20(19(23)18(15)22)12-6-4-7-13(10-12)24-3/h4-11,16,22H,1-3H3. The number of aliphatic hydroxyl groups excluding tert-OH is 1. The van der Waals surface area contributed by atoms with Crippen LogP contribution in [0.5, 0.6) is 5.75 Å². The molecule has 130 valence electrons. The first-order valence-corrected chi connectivity index (χ1v) is 8.82. The van der Waals surface area contributed by atoms with Crippen molar-refractivity contribution in [3.05, 3.63) is 58.0 Å². The summed E-state index contributed by atoms with van der Waals surface area (Å²) in [5.74, 6) is -0.999. The first-order valence-electron chi connectivity index (χ1n) is 7.94. The van der Waals surface area contributed by atoms with Gasteiger partial charge in [-0.15, -0.1) is 11.3 Å². The van der Waals surface area contributed by atoms with Gasteiger partial charge in [-0.05, 0) is 23.6 Å². The Balaban J connectivity index is 2.15. The molecule has 1 aromatic heterocycles. The quantitative estimate of drug-likeness (QED) is 0.882. The van der Waals surface area contributed by atoms with Crippen molar-refractivity contribution in [3.8, 4) is 5.75 Å². The molecule has 1 N–H and O–H groups in total. The van der Waals surface area contributed by atoms with Gasteiger partial charge >= 0.3 is 0 Å². The molecule has 0 saturated heterocycles. The first kappa shape index (κ1) is 17.2. The van der Waals surface area contributed by atoms with E-state index in [-0.39, 0.29) is 17.3 Å². The molecule has 0 fully saturated rings. The van der Waals surface area contributed by atoms with Crippen molar-refractivity contribution >= 4 is 28.7 Å². The highest BCUT2D eigenvalue weighted by Crippen LogP contribution is 2.43. The Morgan fingerprint density at radius 1 is 1.28 bits per heavy atom. The van der Waals surface area contributed by atoms with Crippen LogP contribution < -0.4 is 9.64 Å². The number of hydrogen-bond acceptors (Lipinski definition) is 5. The van der Waals surface area contributed by atoms with Crippen LogP contribution >= 0.6 is 11.3 Å². The Bertz CT molecular complexity index is 839. The number of hydrogen-bond donors (Lipinski definition) is 1. The van der Waals surface area contributed by atoms with Gasteiger partial charge in [0.05, 0.1) is 12.7 Å². The summed E-state index contributed by atoms with van der Waals surface area (Å²) in [4.78, 5) is 27.7. The summed E-state index contributed by atoms with van der Waals surface area (Å²) in [6.45, 7) is 3.51. The maximum Gasteiger partial charge on any atom is 0.294 e. The minimum Gasteiger partial charge on any atom is -0.503 e. The van der Waals surface area contributed by atoms with E-state index in [4.69, 9.17) is 4.74 Å². The van der Waals surface area contributed by atoms with Gasteiger partial charge in [-0.3, -0.25) is 14.5 Å². The molecule has 1 aromatic carbocycles. The number of thiophene rings is 1. The highest BCUT2D eigenvalue weighted by atomic mass is 32.1. The summed E-state index contributed by atoms with van der Waals surface area (Å²) in [5, 5.41) is 12.3. The van der Waals surface area contributed by atoms with Gasteiger partial charge in [-0.2, -0.15) is 0 Å². The minimum atomic E-state index is -0.630. The summed E-state index contributed by atoms with van der Waals surface area (Å²) in [5.41, 5.74) is 0.728. The lowest BCUT2D eigenvalue weighted by molar-refractivity contribution is -0.119. The number of carbonyl (C=O) groups excluding carboxylic acids is 2. The van der Waals surface area contributed by atoms with Crippen molar-refractivity contribution in [2.24, 2.45) is 5.92 Å². The maximum absolute atomic E-state index is 12.8. The molecule has 0 bridgehead atoms. The average Bonchev–Trinajstić information content (AvgIpc) is 3.22. The molecular formula is C19H19NO4S. The normalized spacial score (nSPS) is 17.5. The van der Waals surface area contributed by atoms with Crippen LogP contribution in [0.25, 0.3) is 0 Å². The third kappa shape index (κ3) is 2.93. The van der Waals surface area contributed by atoms with Crippen molar-refractivity contribution in [2.45, 2.75) is 19.9 Å². The van der Waals surface area contributed by atoms with Crippen LogP contribution in [0.15, 0.2) is 53.1 Å². The predicted octanol–water partition coefficient (Wildman–Crippen LogP) is 3.88. The number of ether oxygens (including phenoxy) is 1. The molecule has 1 unspecified atom stereocenters. The molecule has 25 heavy (non-hydrogen) atoms. The number of carbonyl (C=O) groups is 2. The SMILES string of the molecule is COc1cccc(N2C(=O)C(O)=C(C(=O)C(C)C)C2c2cccs2)c1. The number of aliphatic hydroxyl groups is 1. The number of ketones is 1. The molecular weight excluding hydrogens is 338 g/mol. The summed E-state index contributed by atoms with van der Waals surface area (Å²) < 4.78 is 5.24. The van der Waals surface area contributed by atoms with Crippen LogP contribution in [0.1, 0.15) is 24.8 Å². The Morgan fingerprint density at radius 2 is 2.04 bits per heavy atom. The Kier molecular flexibility index (Phi) is 4.63. The fraction of sp³-hybridized carbons (Fsp3) is 0.263. The summed E-state index contributed by atoms with van der Waals surface area (Å²) in [6, 6.07) is 10.1. The van der Waals surface area contributed by atoms with E-state index >= 15 is 0 Å². The number of benzene rings is 1. The fourth-order valence-corrected chi connectivity index (χ4v) is 3.73. The first-order chi connectivity index (χ1) is 12.0. The predicted molar refractivity (Wildman–Crippen MR) is 97.0 cm³/mol.